The molecule has 1 aliphatic rings. The molecule has 0 fully saturated rings. The van der Waals surface area contributed by atoms with Gasteiger partial charge in [-0.15, -0.1) is 0 Å². The van der Waals surface area contributed by atoms with E-state index in [1.54, 1.807) is 48.5 Å². The molecule has 0 aliphatic carbocycles. The number of benzene rings is 3. The molecule has 6 rings (SSSR count). The molecule has 0 atom stereocenters. The number of anilines is 4. The van der Waals surface area contributed by atoms with Crippen molar-refractivity contribution in [2.75, 3.05) is 22.1 Å². The molecule has 0 saturated heterocycles. The summed E-state index contributed by atoms with van der Waals surface area (Å²) in [4.78, 5) is 24.1. The number of amides is 2. The molecule has 3 heterocycles. The molecule has 11 heteroatoms. The number of rotatable bonds is 4. The summed E-state index contributed by atoms with van der Waals surface area (Å²) in [6.07, 6.45) is 0. The molecule has 2 aromatic heterocycles. The summed E-state index contributed by atoms with van der Waals surface area (Å²) in [7, 11) is 0. The number of phenolic OH excluding ortho intramolecular Hbond substituents is 1. The van der Waals surface area contributed by atoms with Gasteiger partial charge in [-0.1, -0.05) is 72.7 Å². The average molecular weight is 594 g/mol. The van der Waals surface area contributed by atoms with Crippen LogP contribution in [-0.4, -0.2) is 27.7 Å². The first-order valence-corrected chi connectivity index (χ1v) is 13.9. The first-order chi connectivity index (χ1) is 19.1. The van der Waals surface area contributed by atoms with E-state index in [-0.39, 0.29) is 5.75 Å². The van der Waals surface area contributed by atoms with Crippen molar-refractivity contribution in [1.82, 2.24) is 9.97 Å². The van der Waals surface area contributed by atoms with Crippen molar-refractivity contribution in [3.05, 3.63) is 88.3 Å². The van der Waals surface area contributed by atoms with Crippen LogP contribution in [-0.2, 0) is 5.41 Å². The van der Waals surface area contributed by atoms with Crippen LogP contribution in [0.15, 0.2) is 66.7 Å². The highest BCUT2D eigenvalue weighted by Crippen LogP contribution is 2.54. The van der Waals surface area contributed by atoms with Gasteiger partial charge in [0.25, 0.3) is 0 Å². The first-order valence-electron chi connectivity index (χ1n) is 12.3. The molecular weight excluding hydrogens is 572 g/mol. The van der Waals surface area contributed by atoms with E-state index in [0.717, 1.165) is 6.07 Å². The highest BCUT2D eigenvalue weighted by molar-refractivity contribution is 7.22. The molecule has 3 N–H and O–H groups in total. The number of phenols is 1. The van der Waals surface area contributed by atoms with Crippen LogP contribution in [0.3, 0.4) is 0 Å². The number of hydrogen-bond donors (Lipinski definition) is 3. The molecule has 7 nitrogen and oxygen atoms in total. The largest absolute Gasteiger partial charge is 0.506 e. The third kappa shape index (κ3) is 4.70. The van der Waals surface area contributed by atoms with Crippen LogP contribution in [0.25, 0.3) is 21.5 Å². The Morgan fingerprint density at radius 1 is 1.05 bits per heavy atom. The van der Waals surface area contributed by atoms with Crippen molar-refractivity contribution in [3.8, 4) is 16.9 Å². The van der Waals surface area contributed by atoms with Gasteiger partial charge in [0, 0.05) is 28.6 Å². The number of carbonyl (C=O) groups is 1. The van der Waals surface area contributed by atoms with Gasteiger partial charge in [0.2, 0.25) is 0 Å². The number of aromatic nitrogens is 2. The van der Waals surface area contributed by atoms with Crippen LogP contribution >= 0.6 is 34.5 Å². The summed E-state index contributed by atoms with van der Waals surface area (Å²) < 4.78 is 15.4. The summed E-state index contributed by atoms with van der Waals surface area (Å²) in [5.41, 5.74) is 3.45. The Morgan fingerprint density at radius 3 is 2.58 bits per heavy atom. The standard InChI is InChI=1S/C29H22Cl2FN5O2S/c1-29(2)14-37(25-21(38)13-17(32)23(24(25)29)15-7-9-16(30)10-8-15)20-6-4-3-5-18(20)33-27(39)36-28-34-19-11-12-22(31)35-26(19)40-28/h3-13,38H,14H2,1-2H3,(H2,33,34,36,39). The van der Waals surface area contributed by atoms with Crippen LogP contribution in [0.5, 0.6) is 5.75 Å². The van der Waals surface area contributed by atoms with Gasteiger partial charge in [0.15, 0.2) is 5.13 Å². The Balaban J connectivity index is 1.36. The number of urea groups is 1. The van der Waals surface area contributed by atoms with Crippen LogP contribution in [0, 0.1) is 5.82 Å². The molecule has 0 radical (unpaired) electrons. The van der Waals surface area contributed by atoms with Crippen LogP contribution < -0.4 is 15.5 Å². The van der Waals surface area contributed by atoms with Gasteiger partial charge >= 0.3 is 6.03 Å². The highest BCUT2D eigenvalue weighted by atomic mass is 35.5. The van der Waals surface area contributed by atoms with Crippen LogP contribution in [0.1, 0.15) is 19.4 Å². The second kappa shape index (κ2) is 9.92. The molecule has 40 heavy (non-hydrogen) atoms. The van der Waals surface area contributed by atoms with E-state index in [0.29, 0.717) is 66.0 Å². The number of aromatic hydroxyl groups is 1. The fourth-order valence-corrected chi connectivity index (χ4v) is 6.29. The van der Waals surface area contributed by atoms with E-state index >= 15 is 4.39 Å². The molecule has 0 saturated carbocycles. The molecule has 0 bridgehead atoms. The predicted octanol–water partition coefficient (Wildman–Crippen LogP) is 8.58. The monoisotopic (exact) mass is 593 g/mol. The molecule has 1 aliphatic heterocycles. The van der Waals surface area contributed by atoms with Crippen molar-refractivity contribution >= 4 is 73.1 Å². The molecule has 202 valence electrons. The third-order valence-electron chi connectivity index (χ3n) is 6.75. The Bertz CT molecular complexity index is 1790. The van der Waals surface area contributed by atoms with E-state index in [9.17, 15) is 9.90 Å². The fraction of sp³-hybridized carbons (Fsp3) is 0.138. The molecule has 3 aromatic carbocycles. The van der Waals surface area contributed by atoms with Crippen molar-refractivity contribution in [3.63, 3.8) is 0 Å². The van der Waals surface area contributed by atoms with Crippen molar-refractivity contribution < 1.29 is 14.3 Å². The molecule has 5 aromatic rings. The lowest BCUT2D eigenvalue weighted by Crippen LogP contribution is -2.27. The van der Waals surface area contributed by atoms with E-state index < -0.39 is 17.3 Å². The number of fused-ring (bicyclic) bond motifs is 2. The van der Waals surface area contributed by atoms with E-state index in [1.807, 2.05) is 30.9 Å². The Morgan fingerprint density at radius 2 is 1.80 bits per heavy atom. The lowest BCUT2D eigenvalue weighted by molar-refractivity contribution is 0.262. The minimum atomic E-state index is -0.547. The zero-order valence-electron chi connectivity index (χ0n) is 21.3. The van der Waals surface area contributed by atoms with Crippen LogP contribution in [0.4, 0.5) is 31.4 Å². The number of halogens is 3. The van der Waals surface area contributed by atoms with Gasteiger partial charge in [-0.05, 0) is 47.5 Å². The van der Waals surface area contributed by atoms with Crippen molar-refractivity contribution in [1.29, 1.82) is 0 Å². The van der Waals surface area contributed by atoms with Gasteiger partial charge in [-0.3, -0.25) is 5.32 Å². The van der Waals surface area contributed by atoms with Crippen molar-refractivity contribution in [2.24, 2.45) is 0 Å². The highest BCUT2D eigenvalue weighted by Gasteiger charge is 2.42. The van der Waals surface area contributed by atoms with E-state index in [1.165, 1.54) is 11.3 Å². The zero-order chi connectivity index (χ0) is 28.2. The maximum absolute atomic E-state index is 15.4. The lowest BCUT2D eigenvalue weighted by atomic mass is 9.81. The van der Waals surface area contributed by atoms with Crippen molar-refractivity contribution in [2.45, 2.75) is 19.3 Å². The third-order valence-corrected chi connectivity index (χ3v) is 8.09. The molecule has 0 spiro atoms. The summed E-state index contributed by atoms with van der Waals surface area (Å²) in [6.45, 7) is 4.44. The summed E-state index contributed by atoms with van der Waals surface area (Å²) in [5.74, 6) is -0.707. The molecular formula is C29H22Cl2FN5O2S. The summed E-state index contributed by atoms with van der Waals surface area (Å²) >= 11 is 13.3. The van der Waals surface area contributed by atoms with Gasteiger partial charge in [0.1, 0.15) is 27.1 Å². The minimum Gasteiger partial charge on any atom is -0.506 e. The normalized spacial score (nSPS) is 13.9. The van der Waals surface area contributed by atoms with Gasteiger partial charge < -0.3 is 15.3 Å². The van der Waals surface area contributed by atoms with E-state index in [2.05, 4.69) is 20.6 Å². The second-order valence-corrected chi connectivity index (χ2v) is 11.8. The number of para-hydroxylation sites is 2. The quantitative estimate of drug-likeness (QED) is 0.181. The molecule has 0 unspecified atom stereocenters. The lowest BCUT2D eigenvalue weighted by Gasteiger charge is -2.25. The Labute approximate surface area is 243 Å². The zero-order valence-corrected chi connectivity index (χ0v) is 23.6. The van der Waals surface area contributed by atoms with Gasteiger partial charge in [-0.2, -0.15) is 0 Å². The number of carbonyl (C=O) groups excluding carboxylic acids is 1. The number of pyridine rings is 1. The number of thiazole rings is 1. The van der Waals surface area contributed by atoms with Gasteiger partial charge in [-0.25, -0.2) is 19.2 Å². The summed E-state index contributed by atoms with van der Waals surface area (Å²) in [6, 6.07) is 18.2. The Kier molecular flexibility index (Phi) is 6.53. The van der Waals surface area contributed by atoms with Gasteiger partial charge in [0.05, 0.1) is 17.1 Å². The average Bonchev–Trinajstić information content (AvgIpc) is 3.42. The maximum Gasteiger partial charge on any atom is 0.325 e. The number of nitrogens with one attached hydrogen (secondary N) is 2. The summed E-state index contributed by atoms with van der Waals surface area (Å²) in [5, 5.41) is 17.9. The van der Waals surface area contributed by atoms with E-state index in [4.69, 9.17) is 23.2 Å². The number of nitrogens with zero attached hydrogens (tertiary/aromatic N) is 3. The van der Waals surface area contributed by atoms with Crippen LogP contribution in [0.2, 0.25) is 10.2 Å². The predicted molar refractivity (Wildman–Crippen MR) is 160 cm³/mol. The Hall–Kier alpha value is -3.92. The topological polar surface area (TPSA) is 90.4 Å². The first kappa shape index (κ1) is 26.3. The SMILES string of the molecule is CC1(C)CN(c2ccccc2NC(=O)Nc2nc3ccc(Cl)nc3s2)c2c(O)cc(F)c(-c3ccc(Cl)cc3)c21. The second-order valence-electron chi connectivity index (χ2n) is 10.0. The maximum atomic E-state index is 15.4. The molecule has 2 amide bonds. The smallest absolute Gasteiger partial charge is 0.325 e. The number of hydrogen-bond acceptors (Lipinski definition) is 6. The minimum absolute atomic E-state index is 0.185. The fourth-order valence-electron chi connectivity index (χ4n) is 5.13.